The van der Waals surface area contributed by atoms with E-state index in [9.17, 15) is 9.59 Å². The van der Waals surface area contributed by atoms with Gasteiger partial charge < -0.3 is 4.74 Å². The molecule has 1 aliphatic heterocycles. The van der Waals surface area contributed by atoms with E-state index in [2.05, 4.69) is 29.9 Å². The largest absolute Gasteiger partial charge is 0.381 e. The number of allylic oxidation sites excluding steroid dienone is 2. The number of pyridine rings is 1. The van der Waals surface area contributed by atoms with Crippen LogP contribution in [0.25, 0.3) is 0 Å². The fourth-order valence-electron chi connectivity index (χ4n) is 3.56. The van der Waals surface area contributed by atoms with Crippen molar-refractivity contribution in [2.45, 2.75) is 77.0 Å². The maximum absolute atomic E-state index is 12.8. The predicted octanol–water partition coefficient (Wildman–Crippen LogP) is 6.11. The Hall–Kier alpha value is -1.79. The minimum absolute atomic E-state index is 0.325. The highest BCUT2D eigenvalue weighted by Gasteiger charge is 2.38. The van der Waals surface area contributed by atoms with E-state index < -0.39 is 5.41 Å². The molecule has 6 heteroatoms. The maximum Gasteiger partial charge on any atom is 0.167 e. The molecular formula is C26H42N2O3S. The van der Waals surface area contributed by atoms with Crippen LogP contribution in [0.3, 0.4) is 0 Å². The summed E-state index contributed by atoms with van der Waals surface area (Å²) in [6.45, 7) is 11.6. The lowest BCUT2D eigenvalue weighted by molar-refractivity contribution is -0.125. The molecule has 1 unspecified atom stereocenters. The third-order valence-corrected chi connectivity index (χ3v) is 6.10. The van der Waals surface area contributed by atoms with Crippen LogP contribution in [-0.2, 0) is 19.7 Å². The number of aliphatic imine (C=N–C) groups is 1. The molecule has 0 aromatic carbocycles. The van der Waals surface area contributed by atoms with E-state index in [0.717, 1.165) is 55.8 Å². The van der Waals surface area contributed by atoms with Crippen molar-refractivity contribution in [1.82, 2.24) is 4.98 Å². The predicted molar refractivity (Wildman–Crippen MR) is 137 cm³/mol. The lowest BCUT2D eigenvalue weighted by atomic mass is 9.72. The molecule has 1 aromatic heterocycles. The van der Waals surface area contributed by atoms with E-state index in [4.69, 9.17) is 4.74 Å². The highest BCUT2D eigenvalue weighted by atomic mass is 32.2. The first-order chi connectivity index (χ1) is 15.4. The van der Waals surface area contributed by atoms with Gasteiger partial charge in [0, 0.05) is 37.8 Å². The zero-order valence-corrected chi connectivity index (χ0v) is 21.8. The first kappa shape index (κ1) is 30.2. The number of carbonyl (C=O) groups excluding carboxylic acids is 2. The SMILES string of the molecule is C/C=C\C(C=O)=NC.CC.CCCC(=O)C(C)(CC1CCOCC1)c1ccc(SC)cn1. The molecule has 0 N–H and O–H groups in total. The summed E-state index contributed by atoms with van der Waals surface area (Å²) >= 11 is 1.68. The second kappa shape index (κ2) is 17.7. The van der Waals surface area contributed by atoms with Crippen LogP contribution < -0.4 is 0 Å². The highest BCUT2D eigenvalue weighted by molar-refractivity contribution is 7.98. The van der Waals surface area contributed by atoms with Crippen LogP contribution in [0.5, 0.6) is 0 Å². The molecule has 5 nitrogen and oxygen atoms in total. The number of ketones is 1. The number of hydrogen-bond acceptors (Lipinski definition) is 6. The Kier molecular flexibility index (Phi) is 16.7. The van der Waals surface area contributed by atoms with Gasteiger partial charge in [-0.25, -0.2) is 0 Å². The van der Waals surface area contributed by atoms with Gasteiger partial charge in [0.25, 0.3) is 0 Å². The Bertz CT molecular complexity index is 710. The summed E-state index contributed by atoms with van der Waals surface area (Å²) in [5.74, 6) is 0.882. The summed E-state index contributed by atoms with van der Waals surface area (Å²) < 4.78 is 5.45. The minimum atomic E-state index is -0.463. The number of carbonyl (C=O) groups is 2. The number of aldehydes is 1. The average molecular weight is 463 g/mol. The molecule has 0 aliphatic carbocycles. The Morgan fingerprint density at radius 2 is 1.97 bits per heavy atom. The van der Waals surface area contributed by atoms with E-state index in [1.54, 1.807) is 31.0 Å². The molecule has 0 bridgehead atoms. The molecule has 0 saturated carbocycles. The fourth-order valence-corrected chi connectivity index (χ4v) is 3.92. The topological polar surface area (TPSA) is 68.6 Å². The van der Waals surface area contributed by atoms with Gasteiger partial charge in [-0.2, -0.15) is 0 Å². The molecule has 0 spiro atoms. The lowest BCUT2D eigenvalue weighted by Gasteiger charge is -2.33. The van der Waals surface area contributed by atoms with E-state index in [1.807, 2.05) is 39.3 Å². The van der Waals surface area contributed by atoms with E-state index in [0.29, 0.717) is 23.8 Å². The van der Waals surface area contributed by atoms with Gasteiger partial charge in [0.2, 0.25) is 0 Å². The summed E-state index contributed by atoms with van der Waals surface area (Å²) in [5.41, 5.74) is 0.942. The van der Waals surface area contributed by atoms with Gasteiger partial charge in [0.15, 0.2) is 6.29 Å². The van der Waals surface area contributed by atoms with E-state index in [1.165, 1.54) is 0 Å². The van der Waals surface area contributed by atoms with Gasteiger partial charge in [0.1, 0.15) is 5.78 Å². The summed E-state index contributed by atoms with van der Waals surface area (Å²) in [6.07, 6.45) is 12.6. The minimum Gasteiger partial charge on any atom is -0.381 e. The molecule has 2 rings (SSSR count). The zero-order chi connectivity index (χ0) is 24.4. The first-order valence-electron chi connectivity index (χ1n) is 11.6. The van der Waals surface area contributed by atoms with Crippen molar-refractivity contribution < 1.29 is 14.3 Å². The first-order valence-corrected chi connectivity index (χ1v) is 12.8. The molecule has 32 heavy (non-hydrogen) atoms. The standard InChI is InChI=1S/C18H27NO2S.C6H9NO.C2H6/c1-4-5-17(20)18(2,12-14-8-10-21-11-9-14)16-7-6-15(22-3)13-19-16;1-3-4-6(5-8)7-2;1-2/h6-7,13-14H,4-5,8-12H2,1-3H3;3-5H,1-2H3;1-2H3/b;4-3-,7-6?;. The Labute approximate surface area is 199 Å². The second-order valence-corrected chi connectivity index (χ2v) is 8.49. The number of Topliss-reactive ketones (excluding diaryl/α,β-unsaturated/α-hetero) is 1. The molecule has 1 saturated heterocycles. The van der Waals surface area contributed by atoms with Crippen LogP contribution in [0.4, 0.5) is 0 Å². The third-order valence-electron chi connectivity index (χ3n) is 5.38. The smallest absolute Gasteiger partial charge is 0.167 e. The number of nitrogens with zero attached hydrogens (tertiary/aromatic N) is 2. The van der Waals surface area contributed by atoms with Crippen molar-refractivity contribution in [3.8, 4) is 0 Å². The van der Waals surface area contributed by atoms with Gasteiger partial charge in [-0.3, -0.25) is 19.6 Å². The highest BCUT2D eigenvalue weighted by Crippen LogP contribution is 2.36. The number of thioether (sulfide) groups is 1. The molecule has 1 fully saturated rings. The van der Waals surface area contributed by atoms with Crippen molar-refractivity contribution in [3.05, 3.63) is 36.2 Å². The Balaban J connectivity index is 0.000000814. The normalized spacial score (nSPS) is 16.3. The number of hydrogen-bond donors (Lipinski definition) is 0. The van der Waals surface area contributed by atoms with Crippen molar-refractivity contribution >= 4 is 29.5 Å². The van der Waals surface area contributed by atoms with E-state index >= 15 is 0 Å². The van der Waals surface area contributed by atoms with Crippen LogP contribution in [-0.4, -0.2) is 49.3 Å². The van der Waals surface area contributed by atoms with Crippen LogP contribution in [0, 0.1) is 5.92 Å². The monoisotopic (exact) mass is 462 g/mol. The van der Waals surface area contributed by atoms with Crippen LogP contribution in [0.2, 0.25) is 0 Å². The molecule has 1 aromatic rings. The Morgan fingerprint density at radius 3 is 2.38 bits per heavy atom. The van der Waals surface area contributed by atoms with Crippen molar-refractivity contribution in [2.75, 3.05) is 26.5 Å². The van der Waals surface area contributed by atoms with Gasteiger partial charge in [-0.15, -0.1) is 11.8 Å². The molecule has 1 atom stereocenters. The molecule has 180 valence electrons. The number of aromatic nitrogens is 1. The quantitative estimate of drug-likeness (QED) is 0.252. The molecule has 1 aliphatic rings. The van der Waals surface area contributed by atoms with Crippen LogP contribution in [0.1, 0.15) is 72.4 Å². The van der Waals surface area contributed by atoms with E-state index in [-0.39, 0.29) is 0 Å². The van der Waals surface area contributed by atoms with Crippen LogP contribution >= 0.6 is 11.8 Å². The van der Waals surface area contributed by atoms with Gasteiger partial charge in [0.05, 0.1) is 16.8 Å². The summed E-state index contributed by atoms with van der Waals surface area (Å²) in [6, 6.07) is 4.12. The van der Waals surface area contributed by atoms with Gasteiger partial charge >= 0.3 is 0 Å². The zero-order valence-electron chi connectivity index (χ0n) is 21.0. The maximum atomic E-state index is 12.8. The molecule has 0 radical (unpaired) electrons. The van der Waals surface area contributed by atoms with Crippen molar-refractivity contribution in [2.24, 2.45) is 10.9 Å². The van der Waals surface area contributed by atoms with Crippen LogP contribution in [0.15, 0.2) is 40.4 Å². The summed E-state index contributed by atoms with van der Waals surface area (Å²) in [4.78, 5) is 32.2. The van der Waals surface area contributed by atoms with Gasteiger partial charge in [-0.1, -0.05) is 26.8 Å². The third kappa shape index (κ3) is 10.2. The van der Waals surface area contributed by atoms with Crippen molar-refractivity contribution in [3.63, 3.8) is 0 Å². The lowest BCUT2D eigenvalue weighted by Crippen LogP contribution is -2.37. The number of ether oxygens (including phenoxy) is 1. The molecule has 0 amide bonds. The van der Waals surface area contributed by atoms with Crippen molar-refractivity contribution in [1.29, 1.82) is 0 Å². The number of rotatable bonds is 9. The molecule has 2 heterocycles. The molecular weight excluding hydrogens is 420 g/mol. The van der Waals surface area contributed by atoms with Gasteiger partial charge in [-0.05, 0) is 69.9 Å². The fraction of sp³-hybridized carbons (Fsp3) is 0.615. The Morgan fingerprint density at radius 1 is 1.31 bits per heavy atom. The summed E-state index contributed by atoms with van der Waals surface area (Å²) in [7, 11) is 1.59. The summed E-state index contributed by atoms with van der Waals surface area (Å²) in [5, 5.41) is 0. The second-order valence-electron chi connectivity index (χ2n) is 7.61. The average Bonchev–Trinajstić information content (AvgIpc) is 2.85.